The topological polar surface area (TPSA) is 69.6 Å². The minimum atomic E-state index is -2.51. The maximum Gasteiger partial charge on any atom is 0.142 e. The Morgan fingerprint density at radius 1 is 0.803 bits per heavy atom. The van der Waals surface area contributed by atoms with Crippen LogP contribution in [-0.2, 0) is 31.9 Å². The fraction of sp³-hybridized carbons (Fsp3) is 0.370. The van der Waals surface area contributed by atoms with E-state index < -0.39 is 19.1 Å². The van der Waals surface area contributed by atoms with Gasteiger partial charge in [-0.1, -0.05) is 101 Å². The van der Waals surface area contributed by atoms with Crippen LogP contribution in [0.5, 0.6) is 0 Å². The van der Waals surface area contributed by atoms with Crippen molar-refractivity contribution in [2.75, 3.05) is 0 Å². The van der Waals surface area contributed by atoms with Crippen molar-refractivity contribution < 1.29 is 32.7 Å². The van der Waals surface area contributed by atoms with Crippen molar-refractivity contribution in [2.45, 2.75) is 128 Å². The number of hydrogen-bond acceptors (Lipinski definition) is 5. The second kappa shape index (κ2) is 17.1. The van der Waals surface area contributed by atoms with E-state index in [1.165, 1.54) is 24.0 Å². The van der Waals surface area contributed by atoms with Crippen molar-refractivity contribution in [3.8, 4) is 28.5 Å². The second-order valence-corrected chi connectivity index (χ2v) is 17.5. The normalized spacial score (nSPS) is 19.1. The van der Waals surface area contributed by atoms with Gasteiger partial charge < -0.3 is 8.98 Å². The molecule has 0 N–H and O–H groups in total. The Morgan fingerprint density at radius 3 is 2.31 bits per heavy atom. The van der Waals surface area contributed by atoms with Gasteiger partial charge in [0, 0.05) is 68.3 Å². The molecule has 1 spiro atoms. The number of rotatable bonds is 6. The van der Waals surface area contributed by atoms with E-state index in [2.05, 4.69) is 78.6 Å². The standard InChI is InChI=1S/C37H38N3O.C17H17N2.Ir/c1-22(2)26-15-11-16-27(23(3)4)34(26)40-33-20-10-9-19-31(33)39-37(40)29-18-12-17-28-30-21-32(25-13-7-6-8-14-25)38-24(5)35(30)41-36(28)29;1-2-6-13(7-3-1)16-18-12-14-8-11-17(15(14)19-16)9-4-5-10-17;/h9-12,15-17,19-23,25H,6-8,13-14H2,1-5H3;1-3,6,12H,4-5,8-11H2;/q2*-1;/i5D3,25D;8D2;. The number of aromatic nitrogens is 5. The first kappa shape index (κ1) is 34.6. The number of nitrogens with zero attached hydrogens (tertiary/aromatic N) is 5. The summed E-state index contributed by atoms with van der Waals surface area (Å²) < 4.78 is 59.9. The van der Waals surface area contributed by atoms with Gasteiger partial charge in [0.15, 0.2) is 0 Å². The third kappa shape index (κ3) is 7.46. The molecule has 0 amide bonds. The fourth-order valence-electron chi connectivity index (χ4n) is 9.90. The molecule has 313 valence electrons. The quantitative estimate of drug-likeness (QED) is 0.155. The molecule has 0 bridgehead atoms. The molecule has 2 fully saturated rings. The van der Waals surface area contributed by atoms with Crippen LogP contribution in [0.4, 0.5) is 0 Å². The Hall–Kier alpha value is -4.97. The predicted molar refractivity (Wildman–Crippen MR) is 244 cm³/mol. The van der Waals surface area contributed by atoms with Crippen LogP contribution in [-0.4, -0.2) is 24.5 Å². The molecule has 4 heterocycles. The van der Waals surface area contributed by atoms with Crippen molar-refractivity contribution in [3.63, 3.8) is 0 Å². The third-order valence-corrected chi connectivity index (χ3v) is 13.0. The van der Waals surface area contributed by atoms with Gasteiger partial charge in [0.05, 0.1) is 34.0 Å². The zero-order chi connectivity index (χ0) is 46.2. The Kier molecular flexibility index (Phi) is 9.68. The molecule has 0 aliphatic heterocycles. The third-order valence-electron chi connectivity index (χ3n) is 13.0. The van der Waals surface area contributed by atoms with E-state index in [1.54, 1.807) is 6.20 Å². The number of furan rings is 1. The molecule has 4 aromatic carbocycles. The van der Waals surface area contributed by atoms with Gasteiger partial charge in [-0.3, -0.25) is 19.9 Å². The minimum absolute atomic E-state index is 0. The number of imidazole rings is 1. The van der Waals surface area contributed by atoms with Gasteiger partial charge in [0.1, 0.15) is 5.58 Å². The molecule has 3 aliphatic rings. The number of fused-ring (bicyclic) bond motifs is 6. The van der Waals surface area contributed by atoms with Crippen LogP contribution >= 0.6 is 0 Å². The first-order valence-corrected chi connectivity index (χ1v) is 21.8. The molecule has 0 saturated heterocycles. The van der Waals surface area contributed by atoms with Crippen LogP contribution in [0, 0.1) is 19.0 Å². The monoisotopic (exact) mass is 988 g/mol. The number of hydrogen-bond donors (Lipinski definition) is 0. The Bertz CT molecular complexity index is 3080. The van der Waals surface area contributed by atoms with E-state index in [-0.39, 0.29) is 48.6 Å². The molecule has 7 heteroatoms. The smallest absolute Gasteiger partial charge is 0.142 e. The van der Waals surface area contributed by atoms with Crippen molar-refractivity contribution in [1.29, 1.82) is 0 Å². The summed E-state index contributed by atoms with van der Waals surface area (Å²) in [5.41, 5.74) is 9.66. The predicted octanol–water partition coefficient (Wildman–Crippen LogP) is 14.1. The fourth-order valence-corrected chi connectivity index (χ4v) is 9.90. The van der Waals surface area contributed by atoms with E-state index in [9.17, 15) is 1.37 Å². The van der Waals surface area contributed by atoms with Crippen molar-refractivity contribution in [2.24, 2.45) is 0 Å². The van der Waals surface area contributed by atoms with Gasteiger partial charge in [0.25, 0.3) is 0 Å². The van der Waals surface area contributed by atoms with Gasteiger partial charge in [-0.15, -0.1) is 54.1 Å². The number of para-hydroxylation sites is 3. The number of benzene rings is 4. The van der Waals surface area contributed by atoms with E-state index in [4.69, 9.17) is 21.2 Å². The Labute approximate surface area is 382 Å². The first-order chi connectivity index (χ1) is 31.6. The van der Waals surface area contributed by atoms with E-state index in [0.717, 1.165) is 65.5 Å². The average molecular weight is 988 g/mol. The first-order valence-electron chi connectivity index (χ1n) is 24.8. The second-order valence-electron chi connectivity index (χ2n) is 17.5. The van der Waals surface area contributed by atoms with Crippen LogP contribution < -0.4 is 0 Å². The zero-order valence-corrected chi connectivity index (χ0v) is 37.8. The van der Waals surface area contributed by atoms with Crippen molar-refractivity contribution in [3.05, 3.63) is 137 Å². The van der Waals surface area contributed by atoms with Gasteiger partial charge in [-0.2, -0.15) is 0 Å². The minimum Gasteiger partial charge on any atom is -0.499 e. The zero-order valence-electron chi connectivity index (χ0n) is 41.4. The molecular formula is C54H55IrN5O-2. The van der Waals surface area contributed by atoms with Gasteiger partial charge >= 0.3 is 0 Å². The van der Waals surface area contributed by atoms with Gasteiger partial charge in [-0.25, -0.2) is 0 Å². The summed E-state index contributed by atoms with van der Waals surface area (Å²) >= 11 is 0. The SMILES string of the molecule is [2H]C([2H])([2H])c1nc(C2([2H])CCCCC2)cc2c1oc1c(-c3nc4ccccc4n3-c3c(C(C)C)cccc3C(C)C)[c-]ccc12.[2H]C1([2H])CC2(CCCC2)c2nc(-c3[c-]cccc3)ncc21.[Ir]. The molecule has 1 radical (unpaired) electrons. The molecule has 0 unspecified atom stereocenters. The average Bonchev–Trinajstić information content (AvgIpc) is 4.08. The molecule has 11 rings (SSSR count). The molecule has 3 aliphatic carbocycles. The summed E-state index contributed by atoms with van der Waals surface area (Å²) in [4.78, 5) is 19.0. The number of pyridine rings is 1. The molecule has 8 aromatic rings. The summed E-state index contributed by atoms with van der Waals surface area (Å²) in [6.45, 7) is 6.33. The van der Waals surface area contributed by atoms with E-state index in [1.807, 2.05) is 60.7 Å². The van der Waals surface area contributed by atoms with Crippen molar-refractivity contribution in [1.82, 2.24) is 24.5 Å². The van der Waals surface area contributed by atoms with Crippen LogP contribution in [0.25, 0.3) is 61.4 Å². The summed E-state index contributed by atoms with van der Waals surface area (Å²) in [5.74, 6) is 0.965. The summed E-state index contributed by atoms with van der Waals surface area (Å²) in [6, 6.07) is 34.6. The summed E-state index contributed by atoms with van der Waals surface area (Å²) in [7, 11) is 0. The molecule has 0 atom stereocenters. The molecule has 6 nitrogen and oxygen atoms in total. The van der Waals surface area contributed by atoms with Gasteiger partial charge in [0.2, 0.25) is 0 Å². The maximum atomic E-state index is 9.27. The maximum absolute atomic E-state index is 9.27. The van der Waals surface area contributed by atoms with E-state index >= 15 is 0 Å². The van der Waals surface area contributed by atoms with Crippen LogP contribution in [0.1, 0.15) is 152 Å². The molecule has 2 saturated carbocycles. The summed E-state index contributed by atoms with van der Waals surface area (Å²) in [6.07, 6.45) is 9.70. The van der Waals surface area contributed by atoms with Crippen LogP contribution in [0.2, 0.25) is 0 Å². The Morgan fingerprint density at radius 2 is 1.57 bits per heavy atom. The molecular weight excluding hydrogens is 927 g/mol. The van der Waals surface area contributed by atoms with Crippen LogP contribution in [0.15, 0.2) is 95.5 Å². The molecule has 4 aromatic heterocycles. The largest absolute Gasteiger partial charge is 0.499 e. The number of aryl methyl sites for hydroxylation is 2. The van der Waals surface area contributed by atoms with Crippen molar-refractivity contribution >= 4 is 33.0 Å². The molecule has 61 heavy (non-hydrogen) atoms. The van der Waals surface area contributed by atoms with Crippen LogP contribution in [0.3, 0.4) is 0 Å². The summed E-state index contributed by atoms with van der Waals surface area (Å²) in [5, 5.41) is 1.44. The van der Waals surface area contributed by atoms with Gasteiger partial charge in [-0.05, 0) is 92.1 Å². The Balaban J connectivity index is 0.000000213. The van der Waals surface area contributed by atoms with E-state index in [0.29, 0.717) is 58.7 Å².